The summed E-state index contributed by atoms with van der Waals surface area (Å²) >= 11 is 0. The summed E-state index contributed by atoms with van der Waals surface area (Å²) in [4.78, 5) is 0.241. The normalized spacial score (nSPS) is 13.7. The van der Waals surface area contributed by atoms with Gasteiger partial charge in [-0.1, -0.05) is 44.1 Å². The summed E-state index contributed by atoms with van der Waals surface area (Å²) in [5.74, 6) is -0.267. The lowest BCUT2D eigenvalue weighted by molar-refractivity contribution is 0.310. The van der Waals surface area contributed by atoms with Gasteiger partial charge in [-0.3, -0.25) is 0 Å². The number of benzene rings is 1. The molecule has 0 aliphatic heterocycles. The van der Waals surface area contributed by atoms with E-state index in [4.69, 9.17) is 5.21 Å². The number of rotatable bonds is 3. The van der Waals surface area contributed by atoms with Crippen LogP contribution in [0, 0.1) is 5.41 Å². The summed E-state index contributed by atoms with van der Waals surface area (Å²) in [6.07, 6.45) is 0. The quantitative estimate of drug-likeness (QED) is 0.512. The lowest BCUT2D eigenvalue weighted by Gasteiger charge is -2.19. The Hall–Kier alpha value is -1.36. The summed E-state index contributed by atoms with van der Waals surface area (Å²) < 4.78 is 24.1. The van der Waals surface area contributed by atoms with E-state index in [0.29, 0.717) is 0 Å². The van der Waals surface area contributed by atoms with Gasteiger partial charge in [0.25, 0.3) is 0 Å². The minimum absolute atomic E-state index is 0.241. The van der Waals surface area contributed by atoms with Gasteiger partial charge in [0.15, 0.2) is 9.84 Å². The van der Waals surface area contributed by atoms with Gasteiger partial charge < -0.3 is 5.21 Å². The van der Waals surface area contributed by atoms with Crippen LogP contribution in [0.25, 0.3) is 0 Å². The number of oxime groups is 1. The first-order valence-electron chi connectivity index (χ1n) is 5.26. The van der Waals surface area contributed by atoms with Crippen LogP contribution in [0.15, 0.2) is 40.4 Å². The van der Waals surface area contributed by atoms with Crippen molar-refractivity contribution in [1.29, 1.82) is 0 Å². The van der Waals surface area contributed by atoms with Gasteiger partial charge in [-0.05, 0) is 12.1 Å². The molecular weight excluding hydrogens is 238 g/mol. The van der Waals surface area contributed by atoms with E-state index in [1.54, 1.807) is 18.2 Å². The Balaban J connectivity index is 3.04. The highest BCUT2D eigenvalue weighted by atomic mass is 32.2. The molecule has 0 spiro atoms. The fraction of sp³-hybridized carbons (Fsp3) is 0.417. The number of hydrogen-bond donors (Lipinski definition) is 1. The van der Waals surface area contributed by atoms with Crippen molar-refractivity contribution in [2.75, 3.05) is 5.75 Å². The second kappa shape index (κ2) is 4.87. The Kier molecular flexibility index (Phi) is 3.93. The second-order valence-electron chi connectivity index (χ2n) is 4.87. The van der Waals surface area contributed by atoms with Gasteiger partial charge in [-0.15, -0.1) is 0 Å². The van der Waals surface area contributed by atoms with Crippen LogP contribution in [0.3, 0.4) is 0 Å². The highest BCUT2D eigenvalue weighted by Gasteiger charge is 2.26. The van der Waals surface area contributed by atoms with Gasteiger partial charge >= 0.3 is 0 Å². The molecule has 0 bridgehead atoms. The smallest absolute Gasteiger partial charge is 0.183 e. The van der Waals surface area contributed by atoms with Crippen LogP contribution < -0.4 is 0 Å². The third-order valence-corrected chi connectivity index (χ3v) is 4.06. The van der Waals surface area contributed by atoms with Crippen molar-refractivity contribution < 1.29 is 13.6 Å². The zero-order valence-corrected chi connectivity index (χ0v) is 11.0. The highest BCUT2D eigenvalue weighted by molar-refractivity contribution is 7.92. The van der Waals surface area contributed by atoms with E-state index < -0.39 is 15.3 Å². The summed E-state index contributed by atoms with van der Waals surface area (Å²) in [7, 11) is -3.45. The molecule has 0 unspecified atom stereocenters. The van der Waals surface area contributed by atoms with Crippen LogP contribution in [-0.4, -0.2) is 25.1 Å². The highest BCUT2D eigenvalue weighted by Crippen LogP contribution is 2.20. The van der Waals surface area contributed by atoms with E-state index in [9.17, 15) is 8.42 Å². The minimum atomic E-state index is -3.45. The van der Waals surface area contributed by atoms with Gasteiger partial charge in [0, 0.05) is 5.41 Å². The van der Waals surface area contributed by atoms with Crippen LogP contribution in [0.4, 0.5) is 0 Å². The third kappa shape index (κ3) is 3.56. The zero-order chi connectivity index (χ0) is 13.1. The fourth-order valence-electron chi connectivity index (χ4n) is 1.29. The maximum Gasteiger partial charge on any atom is 0.183 e. The van der Waals surface area contributed by atoms with Crippen LogP contribution in [-0.2, 0) is 9.84 Å². The molecule has 17 heavy (non-hydrogen) atoms. The van der Waals surface area contributed by atoms with Crippen LogP contribution >= 0.6 is 0 Å². The van der Waals surface area contributed by atoms with E-state index in [1.807, 2.05) is 20.8 Å². The van der Waals surface area contributed by atoms with Crippen molar-refractivity contribution in [2.24, 2.45) is 10.6 Å². The SMILES string of the molecule is CC(C)(C)/C(CS(=O)(=O)c1ccccc1)=N\O. The molecule has 0 radical (unpaired) electrons. The van der Waals surface area contributed by atoms with E-state index >= 15 is 0 Å². The molecule has 1 aromatic rings. The maximum atomic E-state index is 12.1. The van der Waals surface area contributed by atoms with Gasteiger partial charge in [0.1, 0.15) is 0 Å². The van der Waals surface area contributed by atoms with Gasteiger partial charge in [-0.2, -0.15) is 0 Å². The molecular formula is C12H17NO3S. The Bertz CT molecular complexity index is 498. The van der Waals surface area contributed by atoms with Crippen LogP contribution in [0.5, 0.6) is 0 Å². The molecule has 4 nitrogen and oxygen atoms in total. The number of hydrogen-bond acceptors (Lipinski definition) is 4. The number of nitrogens with zero attached hydrogens (tertiary/aromatic N) is 1. The van der Waals surface area contributed by atoms with Gasteiger partial charge in [0.2, 0.25) is 0 Å². The Morgan fingerprint density at radius 2 is 1.76 bits per heavy atom. The Morgan fingerprint density at radius 3 is 2.18 bits per heavy atom. The standard InChI is InChI=1S/C12H17NO3S/c1-12(2,3)11(13-14)9-17(15,16)10-7-5-4-6-8-10/h4-8,14H,9H2,1-3H3/b13-11-. The average Bonchev–Trinajstić information content (AvgIpc) is 2.25. The van der Waals surface area contributed by atoms with Gasteiger partial charge in [0.05, 0.1) is 16.4 Å². The third-order valence-electron chi connectivity index (χ3n) is 2.42. The first kappa shape index (κ1) is 13.7. The van der Waals surface area contributed by atoms with Crippen LogP contribution in [0.2, 0.25) is 0 Å². The molecule has 0 aromatic heterocycles. The van der Waals surface area contributed by atoms with Crippen molar-refractivity contribution in [2.45, 2.75) is 25.7 Å². The maximum absolute atomic E-state index is 12.1. The van der Waals surface area contributed by atoms with E-state index in [0.717, 1.165) is 0 Å². The zero-order valence-electron chi connectivity index (χ0n) is 10.2. The first-order valence-corrected chi connectivity index (χ1v) is 6.92. The average molecular weight is 255 g/mol. The molecule has 1 rings (SSSR count). The van der Waals surface area contributed by atoms with Crippen molar-refractivity contribution in [3.05, 3.63) is 30.3 Å². The molecule has 0 amide bonds. The topological polar surface area (TPSA) is 66.7 Å². The summed E-state index contributed by atoms with van der Waals surface area (Å²) in [6.45, 7) is 5.42. The molecule has 0 aliphatic rings. The molecule has 0 heterocycles. The van der Waals surface area contributed by atoms with E-state index in [-0.39, 0.29) is 16.4 Å². The van der Waals surface area contributed by atoms with Crippen molar-refractivity contribution in [3.63, 3.8) is 0 Å². The van der Waals surface area contributed by atoms with Crippen molar-refractivity contribution in [3.8, 4) is 0 Å². The van der Waals surface area contributed by atoms with E-state index in [2.05, 4.69) is 5.16 Å². The van der Waals surface area contributed by atoms with Crippen molar-refractivity contribution >= 4 is 15.5 Å². The Labute approximate surface area is 102 Å². The molecule has 0 aliphatic carbocycles. The number of sulfone groups is 1. The molecule has 0 fully saturated rings. The predicted octanol–water partition coefficient (Wildman–Crippen LogP) is 2.34. The minimum Gasteiger partial charge on any atom is -0.411 e. The summed E-state index contributed by atoms with van der Waals surface area (Å²) in [5, 5.41) is 12.0. The molecule has 0 saturated carbocycles. The fourth-order valence-corrected chi connectivity index (χ4v) is 2.88. The van der Waals surface area contributed by atoms with Gasteiger partial charge in [-0.25, -0.2) is 8.42 Å². The molecule has 0 atom stereocenters. The monoisotopic (exact) mass is 255 g/mol. The molecule has 0 saturated heterocycles. The lowest BCUT2D eigenvalue weighted by Crippen LogP contribution is -2.28. The largest absolute Gasteiger partial charge is 0.411 e. The van der Waals surface area contributed by atoms with Crippen molar-refractivity contribution in [1.82, 2.24) is 0 Å². The second-order valence-corrected chi connectivity index (χ2v) is 6.86. The lowest BCUT2D eigenvalue weighted by atomic mass is 9.91. The van der Waals surface area contributed by atoms with E-state index in [1.165, 1.54) is 12.1 Å². The molecule has 94 valence electrons. The molecule has 1 aromatic carbocycles. The molecule has 1 N–H and O–H groups in total. The summed E-state index contributed by atoms with van der Waals surface area (Å²) in [6, 6.07) is 8.16. The predicted molar refractivity (Wildman–Crippen MR) is 67.2 cm³/mol. The first-order chi connectivity index (χ1) is 7.77. The molecule has 5 heteroatoms. The summed E-state index contributed by atoms with van der Waals surface area (Å²) in [5.41, 5.74) is -0.224. The van der Waals surface area contributed by atoms with Crippen LogP contribution in [0.1, 0.15) is 20.8 Å². The Morgan fingerprint density at radius 1 is 1.24 bits per heavy atom.